The van der Waals surface area contributed by atoms with Crippen LogP contribution in [0, 0.1) is 11.3 Å². The third-order valence-corrected chi connectivity index (χ3v) is 2.50. The Labute approximate surface area is 58.0 Å². The highest BCUT2D eigenvalue weighted by molar-refractivity contribution is 5.11. The Balaban J connectivity index is 2.42. The van der Waals surface area contributed by atoms with Gasteiger partial charge in [0.25, 0.3) is 0 Å². The average molecular weight is 124 g/mol. The molecule has 0 saturated heterocycles. The van der Waals surface area contributed by atoms with E-state index in [1.54, 1.807) is 0 Å². The summed E-state index contributed by atoms with van der Waals surface area (Å²) in [4.78, 5) is 0. The summed E-state index contributed by atoms with van der Waals surface area (Å²) in [7, 11) is 0. The summed E-state index contributed by atoms with van der Waals surface area (Å²) < 4.78 is 0. The van der Waals surface area contributed by atoms with Crippen LogP contribution in [0.2, 0.25) is 0 Å². The molecule has 9 heavy (non-hydrogen) atoms. The highest BCUT2D eigenvalue weighted by atomic mass is 14.5. The molecule has 1 fully saturated rings. The van der Waals surface area contributed by atoms with Crippen molar-refractivity contribution < 1.29 is 0 Å². The molecule has 1 rings (SSSR count). The van der Waals surface area contributed by atoms with Crippen LogP contribution in [0.1, 0.15) is 33.6 Å². The molecule has 1 saturated carbocycles. The number of hydrogen-bond donors (Lipinski definition) is 0. The van der Waals surface area contributed by atoms with Crippen molar-refractivity contribution in [1.82, 2.24) is 0 Å². The van der Waals surface area contributed by atoms with Gasteiger partial charge >= 0.3 is 0 Å². The zero-order valence-corrected chi connectivity index (χ0v) is 6.65. The van der Waals surface area contributed by atoms with E-state index < -0.39 is 0 Å². The van der Waals surface area contributed by atoms with Crippen molar-refractivity contribution in [2.75, 3.05) is 0 Å². The predicted octanol–water partition coefficient (Wildman–Crippen LogP) is 3.00. The Kier molecular flexibility index (Phi) is 1.65. The van der Waals surface area contributed by atoms with E-state index in [0.29, 0.717) is 5.41 Å². The molecule has 0 radical (unpaired) electrons. The molecule has 2 atom stereocenters. The average Bonchev–Trinajstić information content (AvgIpc) is 2.43. The second-order valence-corrected chi connectivity index (χ2v) is 3.32. The summed E-state index contributed by atoms with van der Waals surface area (Å²) in [5.41, 5.74) is 0.587. The van der Waals surface area contributed by atoms with Gasteiger partial charge in [-0.15, -0.1) is 0 Å². The van der Waals surface area contributed by atoms with Crippen LogP contribution in [0.5, 0.6) is 0 Å². The molecule has 0 spiro atoms. The summed E-state index contributed by atoms with van der Waals surface area (Å²) in [5.74, 6) is 0.980. The van der Waals surface area contributed by atoms with Crippen LogP contribution in [0.25, 0.3) is 0 Å². The number of allylic oxidation sites excluding steroid dienone is 2. The van der Waals surface area contributed by atoms with Gasteiger partial charge in [0.1, 0.15) is 0 Å². The molecule has 0 amide bonds. The second kappa shape index (κ2) is 2.17. The lowest BCUT2D eigenvalue weighted by Gasteiger charge is -2.00. The Bertz CT molecular complexity index is 124. The second-order valence-electron chi connectivity index (χ2n) is 3.32. The highest BCUT2D eigenvalue weighted by Gasteiger charge is 2.45. The van der Waals surface area contributed by atoms with Crippen molar-refractivity contribution >= 4 is 0 Å². The molecule has 0 bridgehead atoms. The Morgan fingerprint density at radius 1 is 1.67 bits per heavy atom. The molecule has 0 aromatic heterocycles. The minimum atomic E-state index is 0.587. The Hall–Kier alpha value is -0.260. The molecule has 0 aromatic carbocycles. The first-order valence-corrected chi connectivity index (χ1v) is 3.87. The smallest absolute Gasteiger partial charge is 0.0115 e. The number of rotatable bonds is 2. The first-order valence-electron chi connectivity index (χ1n) is 3.87. The van der Waals surface area contributed by atoms with E-state index in [0.717, 1.165) is 5.92 Å². The van der Waals surface area contributed by atoms with Gasteiger partial charge in [-0.05, 0) is 24.7 Å². The molecule has 0 N–H and O–H groups in total. The van der Waals surface area contributed by atoms with Crippen LogP contribution in [-0.2, 0) is 0 Å². The summed E-state index contributed by atoms with van der Waals surface area (Å²) in [6, 6.07) is 0. The summed E-state index contributed by atoms with van der Waals surface area (Å²) in [6.07, 6.45) is 7.28. The van der Waals surface area contributed by atoms with E-state index in [2.05, 4.69) is 32.9 Å². The lowest BCUT2D eigenvalue weighted by atomic mass is 10.1. The third kappa shape index (κ3) is 1.17. The van der Waals surface area contributed by atoms with Crippen LogP contribution in [0.4, 0.5) is 0 Å². The van der Waals surface area contributed by atoms with Crippen LogP contribution in [0.15, 0.2) is 12.2 Å². The van der Waals surface area contributed by atoms with Gasteiger partial charge in [-0.1, -0.05) is 32.4 Å². The Morgan fingerprint density at radius 2 is 2.33 bits per heavy atom. The molecule has 0 heteroatoms. The van der Waals surface area contributed by atoms with Crippen molar-refractivity contribution in [2.45, 2.75) is 33.6 Å². The normalized spacial score (nSPS) is 41.9. The predicted molar refractivity (Wildman–Crippen MR) is 41.3 cm³/mol. The van der Waals surface area contributed by atoms with Gasteiger partial charge in [0.15, 0.2) is 0 Å². The fraction of sp³-hybridized carbons (Fsp3) is 0.778. The van der Waals surface area contributed by atoms with Crippen molar-refractivity contribution in [3.05, 3.63) is 12.2 Å². The van der Waals surface area contributed by atoms with E-state index >= 15 is 0 Å². The molecule has 1 aliphatic rings. The topological polar surface area (TPSA) is 0 Å². The van der Waals surface area contributed by atoms with Gasteiger partial charge in [0, 0.05) is 0 Å². The van der Waals surface area contributed by atoms with E-state index in [9.17, 15) is 0 Å². The minimum absolute atomic E-state index is 0.587. The zero-order valence-electron chi connectivity index (χ0n) is 6.65. The first-order chi connectivity index (χ1) is 4.23. The SMILES string of the molecule is CC=CC1(C)CC1CC. The van der Waals surface area contributed by atoms with Gasteiger partial charge in [-0.25, -0.2) is 0 Å². The lowest BCUT2D eigenvalue weighted by Crippen LogP contribution is -1.90. The molecule has 0 aliphatic heterocycles. The van der Waals surface area contributed by atoms with Crippen LogP contribution in [-0.4, -0.2) is 0 Å². The fourth-order valence-corrected chi connectivity index (χ4v) is 1.67. The molecule has 2 unspecified atom stereocenters. The zero-order chi connectivity index (χ0) is 6.91. The van der Waals surface area contributed by atoms with Gasteiger partial charge in [-0.3, -0.25) is 0 Å². The van der Waals surface area contributed by atoms with Crippen molar-refractivity contribution in [2.24, 2.45) is 11.3 Å². The monoisotopic (exact) mass is 124 g/mol. The summed E-state index contributed by atoms with van der Waals surface area (Å²) in [6.45, 7) is 6.73. The minimum Gasteiger partial charge on any atom is -0.0911 e. The third-order valence-electron chi connectivity index (χ3n) is 2.50. The lowest BCUT2D eigenvalue weighted by molar-refractivity contribution is 0.611. The highest BCUT2D eigenvalue weighted by Crippen LogP contribution is 2.55. The first kappa shape index (κ1) is 6.85. The van der Waals surface area contributed by atoms with Crippen LogP contribution in [0.3, 0.4) is 0 Å². The van der Waals surface area contributed by atoms with Crippen LogP contribution < -0.4 is 0 Å². The van der Waals surface area contributed by atoms with Gasteiger partial charge in [0.05, 0.1) is 0 Å². The fourth-order valence-electron chi connectivity index (χ4n) is 1.67. The van der Waals surface area contributed by atoms with Crippen molar-refractivity contribution in [1.29, 1.82) is 0 Å². The maximum absolute atomic E-state index is 2.35. The van der Waals surface area contributed by atoms with E-state index in [-0.39, 0.29) is 0 Å². The van der Waals surface area contributed by atoms with Gasteiger partial charge in [0.2, 0.25) is 0 Å². The Morgan fingerprint density at radius 3 is 2.67 bits per heavy atom. The van der Waals surface area contributed by atoms with E-state index in [1.807, 2.05) is 0 Å². The van der Waals surface area contributed by atoms with Crippen LogP contribution >= 0.6 is 0 Å². The molecule has 0 nitrogen and oxygen atoms in total. The number of hydrogen-bond acceptors (Lipinski definition) is 0. The van der Waals surface area contributed by atoms with Gasteiger partial charge < -0.3 is 0 Å². The van der Waals surface area contributed by atoms with E-state index in [1.165, 1.54) is 12.8 Å². The molecule has 52 valence electrons. The summed E-state index contributed by atoms with van der Waals surface area (Å²) in [5, 5.41) is 0. The van der Waals surface area contributed by atoms with Gasteiger partial charge in [-0.2, -0.15) is 0 Å². The molecule has 0 heterocycles. The maximum atomic E-state index is 2.35. The maximum Gasteiger partial charge on any atom is -0.0115 e. The molecule has 1 aliphatic carbocycles. The summed E-state index contributed by atoms with van der Waals surface area (Å²) >= 11 is 0. The van der Waals surface area contributed by atoms with Crippen molar-refractivity contribution in [3.63, 3.8) is 0 Å². The largest absolute Gasteiger partial charge is 0.0911 e. The van der Waals surface area contributed by atoms with E-state index in [4.69, 9.17) is 0 Å². The standard InChI is InChI=1S/C9H16/c1-4-6-9(3)7-8(9)5-2/h4,6,8H,5,7H2,1-3H3. The molecule has 0 aromatic rings. The van der Waals surface area contributed by atoms with Crippen molar-refractivity contribution in [3.8, 4) is 0 Å². The molecular weight excluding hydrogens is 108 g/mol. The quantitative estimate of drug-likeness (QED) is 0.496. The molecular formula is C9H16.